The van der Waals surface area contributed by atoms with Crippen molar-refractivity contribution >= 4 is 11.0 Å². The Kier molecular flexibility index (Phi) is 3.24. The standard InChI is InChI=1S/C18H14N4O/c1-12-4-2-5-15-16(12)22-17(21-15)13-6-8-14(9-7-13)23-18-19-10-3-11-20-18/h2-11H,1H3,(H,21,22). The zero-order chi connectivity index (χ0) is 15.6. The first-order valence-corrected chi connectivity index (χ1v) is 7.30. The molecule has 0 spiro atoms. The van der Waals surface area contributed by atoms with Gasteiger partial charge in [-0.3, -0.25) is 0 Å². The summed E-state index contributed by atoms with van der Waals surface area (Å²) in [4.78, 5) is 16.1. The van der Waals surface area contributed by atoms with Gasteiger partial charge in [-0.2, -0.15) is 0 Å². The van der Waals surface area contributed by atoms with E-state index >= 15 is 0 Å². The smallest absolute Gasteiger partial charge is 0.321 e. The zero-order valence-corrected chi connectivity index (χ0v) is 12.5. The Bertz CT molecular complexity index is 946. The molecule has 5 heteroatoms. The minimum Gasteiger partial charge on any atom is -0.424 e. The molecule has 0 unspecified atom stereocenters. The van der Waals surface area contributed by atoms with Gasteiger partial charge in [-0.05, 0) is 48.9 Å². The van der Waals surface area contributed by atoms with E-state index in [9.17, 15) is 0 Å². The second kappa shape index (κ2) is 5.53. The van der Waals surface area contributed by atoms with Gasteiger partial charge >= 0.3 is 6.01 Å². The topological polar surface area (TPSA) is 63.7 Å². The molecule has 2 aromatic carbocycles. The summed E-state index contributed by atoms with van der Waals surface area (Å²) in [6.45, 7) is 2.07. The number of para-hydroxylation sites is 1. The van der Waals surface area contributed by atoms with E-state index in [0.717, 1.165) is 22.4 Å². The van der Waals surface area contributed by atoms with Gasteiger partial charge in [-0.1, -0.05) is 12.1 Å². The molecule has 4 rings (SSSR count). The third kappa shape index (κ3) is 2.64. The first-order chi connectivity index (χ1) is 11.3. The highest BCUT2D eigenvalue weighted by Gasteiger charge is 2.07. The lowest BCUT2D eigenvalue weighted by Crippen LogP contribution is -1.90. The molecule has 0 saturated carbocycles. The summed E-state index contributed by atoms with van der Waals surface area (Å²) in [6, 6.07) is 15.9. The fourth-order valence-corrected chi connectivity index (χ4v) is 2.44. The highest BCUT2D eigenvalue weighted by atomic mass is 16.5. The van der Waals surface area contributed by atoms with Crippen molar-refractivity contribution in [3.05, 3.63) is 66.5 Å². The number of nitrogens with one attached hydrogen (secondary N) is 1. The van der Waals surface area contributed by atoms with Crippen LogP contribution in [0, 0.1) is 6.92 Å². The SMILES string of the molecule is Cc1cccc2nc(-c3ccc(Oc4ncccn4)cc3)[nH]c12. The Morgan fingerprint density at radius 3 is 2.43 bits per heavy atom. The Morgan fingerprint density at radius 1 is 0.913 bits per heavy atom. The second-order valence-electron chi connectivity index (χ2n) is 5.21. The number of H-pyrrole nitrogens is 1. The Balaban J connectivity index is 1.63. The molecule has 112 valence electrons. The van der Waals surface area contributed by atoms with Gasteiger partial charge in [0.05, 0.1) is 11.0 Å². The Labute approximate surface area is 133 Å². The molecule has 0 aliphatic carbocycles. The van der Waals surface area contributed by atoms with E-state index in [4.69, 9.17) is 4.74 Å². The fourth-order valence-electron chi connectivity index (χ4n) is 2.44. The van der Waals surface area contributed by atoms with Gasteiger partial charge < -0.3 is 9.72 Å². The summed E-state index contributed by atoms with van der Waals surface area (Å²) < 4.78 is 5.59. The Hall–Kier alpha value is -3.21. The quantitative estimate of drug-likeness (QED) is 0.618. The molecular weight excluding hydrogens is 288 g/mol. The third-order valence-electron chi connectivity index (χ3n) is 3.61. The molecule has 0 saturated heterocycles. The van der Waals surface area contributed by atoms with E-state index in [1.54, 1.807) is 18.5 Å². The van der Waals surface area contributed by atoms with Gasteiger partial charge in [0, 0.05) is 18.0 Å². The van der Waals surface area contributed by atoms with Crippen LogP contribution in [0.1, 0.15) is 5.56 Å². The number of rotatable bonds is 3. The molecule has 0 amide bonds. The third-order valence-corrected chi connectivity index (χ3v) is 3.61. The molecule has 2 aromatic heterocycles. The average molecular weight is 302 g/mol. The summed E-state index contributed by atoms with van der Waals surface area (Å²) in [6.07, 6.45) is 3.29. The fraction of sp³-hybridized carbons (Fsp3) is 0.0556. The minimum absolute atomic E-state index is 0.333. The van der Waals surface area contributed by atoms with E-state index in [1.165, 1.54) is 5.56 Å². The zero-order valence-electron chi connectivity index (χ0n) is 12.5. The van der Waals surface area contributed by atoms with Crippen LogP contribution < -0.4 is 4.74 Å². The van der Waals surface area contributed by atoms with E-state index in [2.05, 4.69) is 32.9 Å². The minimum atomic E-state index is 0.333. The summed E-state index contributed by atoms with van der Waals surface area (Å²) in [5.74, 6) is 1.53. The van der Waals surface area contributed by atoms with Crippen LogP contribution in [-0.2, 0) is 0 Å². The average Bonchev–Trinajstić information content (AvgIpc) is 3.02. The summed E-state index contributed by atoms with van der Waals surface area (Å²) >= 11 is 0. The van der Waals surface area contributed by atoms with Crippen molar-refractivity contribution in [3.8, 4) is 23.1 Å². The molecule has 0 atom stereocenters. The molecule has 0 aliphatic heterocycles. The van der Waals surface area contributed by atoms with E-state index < -0.39 is 0 Å². The molecule has 23 heavy (non-hydrogen) atoms. The van der Waals surface area contributed by atoms with Crippen molar-refractivity contribution in [2.75, 3.05) is 0 Å². The van der Waals surface area contributed by atoms with Gasteiger partial charge in [0.2, 0.25) is 0 Å². The molecular formula is C18H14N4O. The van der Waals surface area contributed by atoms with Gasteiger partial charge in [-0.25, -0.2) is 15.0 Å². The van der Waals surface area contributed by atoms with Crippen LogP contribution in [0.2, 0.25) is 0 Å². The number of nitrogens with zero attached hydrogens (tertiary/aromatic N) is 3. The van der Waals surface area contributed by atoms with Crippen LogP contribution >= 0.6 is 0 Å². The first-order valence-electron chi connectivity index (χ1n) is 7.30. The van der Waals surface area contributed by atoms with E-state index in [1.807, 2.05) is 36.4 Å². The maximum atomic E-state index is 5.59. The summed E-state index contributed by atoms with van der Waals surface area (Å²) in [5.41, 5.74) is 4.22. The van der Waals surface area contributed by atoms with Crippen molar-refractivity contribution in [1.82, 2.24) is 19.9 Å². The summed E-state index contributed by atoms with van der Waals surface area (Å²) in [7, 11) is 0. The number of hydrogen-bond acceptors (Lipinski definition) is 4. The van der Waals surface area contributed by atoms with Crippen LogP contribution in [0.3, 0.4) is 0 Å². The first kappa shape index (κ1) is 13.5. The van der Waals surface area contributed by atoms with E-state index in [-0.39, 0.29) is 0 Å². The molecule has 0 radical (unpaired) electrons. The van der Waals surface area contributed by atoms with Crippen molar-refractivity contribution < 1.29 is 4.74 Å². The van der Waals surface area contributed by atoms with Gasteiger partial charge in [0.25, 0.3) is 0 Å². The number of aryl methyl sites for hydroxylation is 1. The molecule has 0 bridgehead atoms. The predicted molar refractivity (Wildman–Crippen MR) is 88.4 cm³/mol. The predicted octanol–water partition coefficient (Wildman–Crippen LogP) is 4.12. The molecule has 0 aliphatic rings. The monoisotopic (exact) mass is 302 g/mol. The maximum Gasteiger partial charge on any atom is 0.321 e. The van der Waals surface area contributed by atoms with E-state index in [0.29, 0.717) is 11.8 Å². The van der Waals surface area contributed by atoms with Gasteiger partial charge in [0.1, 0.15) is 11.6 Å². The molecule has 4 aromatic rings. The lowest BCUT2D eigenvalue weighted by molar-refractivity contribution is 0.442. The van der Waals surface area contributed by atoms with Crippen molar-refractivity contribution in [2.45, 2.75) is 6.92 Å². The highest BCUT2D eigenvalue weighted by molar-refractivity contribution is 5.82. The largest absolute Gasteiger partial charge is 0.424 e. The number of fused-ring (bicyclic) bond motifs is 1. The van der Waals surface area contributed by atoms with Gasteiger partial charge in [0.15, 0.2) is 0 Å². The lowest BCUT2D eigenvalue weighted by atomic mass is 10.2. The Morgan fingerprint density at radius 2 is 1.70 bits per heavy atom. The number of imidazole rings is 1. The van der Waals surface area contributed by atoms with Crippen molar-refractivity contribution in [2.24, 2.45) is 0 Å². The van der Waals surface area contributed by atoms with Crippen LogP contribution in [0.25, 0.3) is 22.4 Å². The molecule has 1 N–H and O–H groups in total. The number of aromatic amines is 1. The number of benzene rings is 2. The van der Waals surface area contributed by atoms with Gasteiger partial charge in [-0.15, -0.1) is 0 Å². The number of ether oxygens (including phenoxy) is 1. The van der Waals surface area contributed by atoms with Crippen LogP contribution in [0.4, 0.5) is 0 Å². The number of hydrogen-bond donors (Lipinski definition) is 1. The normalized spacial score (nSPS) is 10.8. The van der Waals surface area contributed by atoms with Crippen LogP contribution in [0.5, 0.6) is 11.8 Å². The van der Waals surface area contributed by atoms with Crippen molar-refractivity contribution in [1.29, 1.82) is 0 Å². The molecule has 2 heterocycles. The highest BCUT2D eigenvalue weighted by Crippen LogP contribution is 2.25. The van der Waals surface area contributed by atoms with Crippen LogP contribution in [-0.4, -0.2) is 19.9 Å². The summed E-state index contributed by atoms with van der Waals surface area (Å²) in [5, 5.41) is 0. The maximum absolute atomic E-state index is 5.59. The van der Waals surface area contributed by atoms with Crippen molar-refractivity contribution in [3.63, 3.8) is 0 Å². The number of aromatic nitrogens is 4. The van der Waals surface area contributed by atoms with Crippen LogP contribution in [0.15, 0.2) is 60.9 Å². The lowest BCUT2D eigenvalue weighted by Gasteiger charge is -2.03. The molecule has 5 nitrogen and oxygen atoms in total. The molecule has 0 fully saturated rings. The second-order valence-corrected chi connectivity index (χ2v) is 5.21.